The van der Waals surface area contributed by atoms with Crippen molar-refractivity contribution in [2.75, 3.05) is 13.6 Å². The zero-order valence-corrected chi connectivity index (χ0v) is 12.3. The van der Waals surface area contributed by atoms with Gasteiger partial charge in [-0.3, -0.25) is 0 Å². The minimum atomic E-state index is -0.441. The highest BCUT2D eigenvalue weighted by atomic mass is 16.6. The number of rotatable bonds is 3. The predicted octanol–water partition coefficient (Wildman–Crippen LogP) is 2.91. The van der Waals surface area contributed by atoms with Crippen LogP contribution < -0.4 is 5.73 Å². The summed E-state index contributed by atoms with van der Waals surface area (Å²) < 4.78 is 5.47. The third-order valence-corrected chi connectivity index (χ3v) is 3.77. The van der Waals surface area contributed by atoms with Gasteiger partial charge in [-0.15, -0.1) is 0 Å². The van der Waals surface area contributed by atoms with Gasteiger partial charge in [0, 0.05) is 12.6 Å². The number of hydrogen-bond acceptors (Lipinski definition) is 3. The Bertz CT molecular complexity index is 272. The summed E-state index contributed by atoms with van der Waals surface area (Å²) in [5, 5.41) is 0. The van der Waals surface area contributed by atoms with Crippen LogP contribution in [-0.2, 0) is 4.74 Å². The normalized spacial score (nSPS) is 19.4. The number of carbonyl (C=O) groups excluding carboxylic acids is 1. The highest BCUT2D eigenvalue weighted by molar-refractivity contribution is 5.68. The summed E-state index contributed by atoms with van der Waals surface area (Å²) in [7, 11) is 1.86. The van der Waals surface area contributed by atoms with Gasteiger partial charge in [-0.2, -0.15) is 0 Å². The molecule has 0 unspecified atom stereocenters. The number of hydrogen-bond donors (Lipinski definition) is 1. The third-order valence-electron chi connectivity index (χ3n) is 3.77. The van der Waals surface area contributed by atoms with E-state index >= 15 is 0 Å². The lowest BCUT2D eigenvalue weighted by Crippen LogP contribution is -2.53. The summed E-state index contributed by atoms with van der Waals surface area (Å²) in [6, 6.07) is 0. The summed E-state index contributed by atoms with van der Waals surface area (Å²) in [6.45, 7) is 6.31. The molecule has 106 valence electrons. The topological polar surface area (TPSA) is 55.6 Å². The van der Waals surface area contributed by atoms with Crippen LogP contribution in [0.25, 0.3) is 0 Å². The molecule has 0 spiro atoms. The zero-order valence-electron chi connectivity index (χ0n) is 12.3. The smallest absolute Gasteiger partial charge is 0.410 e. The van der Waals surface area contributed by atoms with Gasteiger partial charge in [-0.1, -0.05) is 19.3 Å². The van der Waals surface area contributed by atoms with Crippen molar-refractivity contribution in [3.8, 4) is 0 Å². The Balaban J connectivity index is 2.75. The van der Waals surface area contributed by atoms with Crippen molar-refractivity contribution in [2.45, 2.75) is 70.4 Å². The fourth-order valence-electron chi connectivity index (χ4n) is 2.76. The van der Waals surface area contributed by atoms with Gasteiger partial charge in [0.05, 0.1) is 0 Å². The molecule has 0 aromatic carbocycles. The number of carbonyl (C=O) groups is 1. The lowest BCUT2D eigenvalue weighted by Gasteiger charge is -2.44. The molecule has 4 nitrogen and oxygen atoms in total. The largest absolute Gasteiger partial charge is 0.444 e. The van der Waals surface area contributed by atoms with Gasteiger partial charge >= 0.3 is 6.09 Å². The van der Waals surface area contributed by atoms with Crippen molar-refractivity contribution in [1.82, 2.24) is 4.90 Å². The van der Waals surface area contributed by atoms with Crippen LogP contribution >= 0.6 is 0 Å². The van der Waals surface area contributed by atoms with Crippen LogP contribution in [0.15, 0.2) is 0 Å². The van der Waals surface area contributed by atoms with Gasteiger partial charge in [0.1, 0.15) is 5.60 Å². The van der Waals surface area contributed by atoms with E-state index in [4.69, 9.17) is 10.5 Å². The van der Waals surface area contributed by atoms with Crippen molar-refractivity contribution in [3.63, 3.8) is 0 Å². The maximum Gasteiger partial charge on any atom is 0.410 e. The molecule has 1 amide bonds. The second-order valence-electron chi connectivity index (χ2n) is 6.36. The molecule has 0 heterocycles. The molecular formula is C14H28N2O2. The van der Waals surface area contributed by atoms with Gasteiger partial charge in [-0.05, 0) is 46.6 Å². The molecule has 0 bridgehead atoms. The molecule has 0 aliphatic heterocycles. The maximum absolute atomic E-state index is 12.2. The van der Waals surface area contributed by atoms with Crippen molar-refractivity contribution in [1.29, 1.82) is 0 Å². The van der Waals surface area contributed by atoms with Crippen LogP contribution in [0.1, 0.15) is 59.3 Å². The van der Waals surface area contributed by atoms with Crippen molar-refractivity contribution in [2.24, 2.45) is 5.73 Å². The first kappa shape index (κ1) is 15.3. The second-order valence-corrected chi connectivity index (χ2v) is 6.36. The van der Waals surface area contributed by atoms with Crippen LogP contribution in [0, 0.1) is 0 Å². The van der Waals surface area contributed by atoms with E-state index in [-0.39, 0.29) is 11.6 Å². The molecular weight excluding hydrogens is 228 g/mol. The van der Waals surface area contributed by atoms with E-state index in [9.17, 15) is 4.79 Å². The van der Waals surface area contributed by atoms with Crippen LogP contribution in [0.4, 0.5) is 4.79 Å². The predicted molar refractivity (Wildman–Crippen MR) is 73.5 cm³/mol. The Morgan fingerprint density at radius 1 is 1.28 bits per heavy atom. The molecule has 18 heavy (non-hydrogen) atoms. The first-order valence-corrected chi connectivity index (χ1v) is 6.98. The lowest BCUT2D eigenvalue weighted by molar-refractivity contribution is -0.00560. The molecule has 0 atom stereocenters. The van der Waals surface area contributed by atoms with Crippen LogP contribution in [0.2, 0.25) is 0 Å². The highest BCUT2D eigenvalue weighted by Gasteiger charge is 2.39. The lowest BCUT2D eigenvalue weighted by atomic mass is 9.78. The van der Waals surface area contributed by atoms with E-state index in [0.29, 0.717) is 6.54 Å². The monoisotopic (exact) mass is 256 g/mol. The molecule has 2 N–H and O–H groups in total. The Morgan fingerprint density at radius 2 is 1.83 bits per heavy atom. The standard InChI is InChI=1S/C14H28N2O2/c1-13(2,3)18-12(17)16(4)14(10-11-15)8-6-5-7-9-14/h5-11,15H2,1-4H3. The molecule has 1 aliphatic rings. The molecule has 0 radical (unpaired) electrons. The summed E-state index contributed by atoms with van der Waals surface area (Å²) in [5.41, 5.74) is 5.20. The molecule has 0 saturated heterocycles. The van der Waals surface area contributed by atoms with Crippen molar-refractivity contribution in [3.05, 3.63) is 0 Å². The van der Waals surface area contributed by atoms with Crippen LogP contribution in [0.5, 0.6) is 0 Å². The maximum atomic E-state index is 12.2. The van der Waals surface area contributed by atoms with Crippen LogP contribution in [-0.4, -0.2) is 35.7 Å². The molecule has 0 aromatic heterocycles. The van der Waals surface area contributed by atoms with Gasteiger partial charge in [0.2, 0.25) is 0 Å². The number of amides is 1. The molecule has 1 rings (SSSR count). The van der Waals surface area contributed by atoms with E-state index in [1.807, 2.05) is 27.8 Å². The van der Waals surface area contributed by atoms with E-state index < -0.39 is 5.60 Å². The van der Waals surface area contributed by atoms with E-state index in [0.717, 1.165) is 19.3 Å². The number of ether oxygens (including phenoxy) is 1. The van der Waals surface area contributed by atoms with Gasteiger partial charge < -0.3 is 15.4 Å². The third kappa shape index (κ3) is 3.87. The fraction of sp³-hybridized carbons (Fsp3) is 0.929. The summed E-state index contributed by atoms with van der Waals surface area (Å²) in [6.07, 6.45) is 6.33. The molecule has 0 aromatic rings. The van der Waals surface area contributed by atoms with Gasteiger partial charge in [0.15, 0.2) is 0 Å². The summed E-state index contributed by atoms with van der Waals surface area (Å²) in [5.74, 6) is 0. The van der Waals surface area contributed by atoms with Crippen molar-refractivity contribution < 1.29 is 9.53 Å². The Morgan fingerprint density at radius 3 is 2.28 bits per heavy atom. The minimum Gasteiger partial charge on any atom is -0.444 e. The number of nitrogens with zero attached hydrogens (tertiary/aromatic N) is 1. The highest BCUT2D eigenvalue weighted by Crippen LogP contribution is 2.36. The zero-order chi connectivity index (χ0) is 13.8. The quantitative estimate of drug-likeness (QED) is 0.844. The first-order valence-electron chi connectivity index (χ1n) is 6.98. The number of nitrogens with two attached hydrogens (primary N) is 1. The SMILES string of the molecule is CN(C(=O)OC(C)(C)C)C1(CCN)CCCCC1. The summed E-state index contributed by atoms with van der Waals surface area (Å²) >= 11 is 0. The first-order chi connectivity index (χ1) is 8.31. The van der Waals surface area contributed by atoms with Gasteiger partial charge in [-0.25, -0.2) is 4.79 Å². The van der Waals surface area contributed by atoms with Gasteiger partial charge in [0.25, 0.3) is 0 Å². The summed E-state index contributed by atoms with van der Waals surface area (Å²) in [4.78, 5) is 14.0. The molecule has 1 fully saturated rings. The molecule has 4 heteroatoms. The van der Waals surface area contributed by atoms with E-state index in [2.05, 4.69) is 0 Å². The van der Waals surface area contributed by atoms with E-state index in [1.54, 1.807) is 4.90 Å². The molecule has 1 aliphatic carbocycles. The van der Waals surface area contributed by atoms with Crippen LogP contribution in [0.3, 0.4) is 0 Å². The Hall–Kier alpha value is -0.770. The average Bonchev–Trinajstić information content (AvgIpc) is 2.27. The second kappa shape index (κ2) is 5.91. The fourth-order valence-corrected chi connectivity index (χ4v) is 2.76. The van der Waals surface area contributed by atoms with Crippen molar-refractivity contribution >= 4 is 6.09 Å². The Labute approximate surface area is 111 Å². The van der Waals surface area contributed by atoms with E-state index in [1.165, 1.54) is 19.3 Å². The average molecular weight is 256 g/mol. The molecule has 1 saturated carbocycles. The minimum absolute atomic E-state index is 0.0880. The Kier molecular flexibility index (Phi) is 5.02.